The normalized spacial score (nSPS) is 10.2. The number of rotatable bonds is 3. The van der Waals surface area contributed by atoms with Crippen LogP contribution in [0.5, 0.6) is 5.75 Å². The van der Waals surface area contributed by atoms with E-state index in [0.29, 0.717) is 10.8 Å². The van der Waals surface area contributed by atoms with Crippen molar-refractivity contribution in [2.75, 3.05) is 19.1 Å². The van der Waals surface area contributed by atoms with Gasteiger partial charge >= 0.3 is 0 Å². The van der Waals surface area contributed by atoms with Gasteiger partial charge < -0.3 is 9.64 Å². The Balaban J connectivity index is 2.31. The molecule has 0 unspecified atom stereocenters. The van der Waals surface area contributed by atoms with Crippen molar-refractivity contribution in [3.05, 3.63) is 46.0 Å². The van der Waals surface area contributed by atoms with Crippen LogP contribution in [0.3, 0.4) is 0 Å². The monoisotopic (exact) mass is 326 g/mol. The molecule has 0 atom stereocenters. The molecule has 2 aromatic rings. The first-order chi connectivity index (χ1) is 8.61. The fourth-order valence-electron chi connectivity index (χ4n) is 1.58. The summed E-state index contributed by atoms with van der Waals surface area (Å²) >= 11 is 9.51. The molecule has 0 aliphatic carbocycles. The van der Waals surface area contributed by atoms with E-state index in [4.69, 9.17) is 16.3 Å². The maximum absolute atomic E-state index is 6.17. The molecule has 0 radical (unpaired) electrons. The van der Waals surface area contributed by atoms with E-state index >= 15 is 0 Å². The van der Waals surface area contributed by atoms with Crippen LogP contribution in [0.4, 0.5) is 11.5 Å². The zero-order valence-electron chi connectivity index (χ0n) is 10.0. The van der Waals surface area contributed by atoms with Gasteiger partial charge in [0.15, 0.2) is 5.82 Å². The molecule has 0 N–H and O–H groups in total. The average molecular weight is 328 g/mol. The van der Waals surface area contributed by atoms with Crippen molar-refractivity contribution in [3.8, 4) is 5.75 Å². The Labute approximate surface area is 119 Å². The van der Waals surface area contributed by atoms with E-state index in [1.165, 1.54) is 0 Å². The first-order valence-corrected chi connectivity index (χ1v) is 6.47. The van der Waals surface area contributed by atoms with Crippen LogP contribution in [0.2, 0.25) is 5.02 Å². The van der Waals surface area contributed by atoms with Gasteiger partial charge in [-0.15, -0.1) is 0 Å². The Morgan fingerprint density at radius 3 is 2.50 bits per heavy atom. The van der Waals surface area contributed by atoms with E-state index < -0.39 is 0 Å². The van der Waals surface area contributed by atoms with Crippen molar-refractivity contribution in [1.29, 1.82) is 0 Å². The van der Waals surface area contributed by atoms with Gasteiger partial charge in [0, 0.05) is 23.4 Å². The van der Waals surface area contributed by atoms with E-state index in [-0.39, 0.29) is 0 Å². The molecule has 94 valence electrons. The molecule has 0 bridgehead atoms. The van der Waals surface area contributed by atoms with Gasteiger partial charge in [0.05, 0.1) is 12.1 Å². The third-order valence-corrected chi connectivity index (χ3v) is 3.28. The highest BCUT2D eigenvalue weighted by Crippen LogP contribution is 2.30. The standard InChI is InChI=1S/C13H12BrClN2O/c1-17(10-3-5-11(18-2)6-4-10)13-12(15)7-9(14)8-16-13/h3-8H,1-2H3. The number of hydrogen-bond donors (Lipinski definition) is 0. The van der Waals surface area contributed by atoms with Crippen molar-refractivity contribution < 1.29 is 4.74 Å². The fraction of sp³-hybridized carbons (Fsp3) is 0.154. The van der Waals surface area contributed by atoms with Crippen molar-refractivity contribution in [1.82, 2.24) is 4.98 Å². The Kier molecular flexibility index (Phi) is 4.09. The highest BCUT2D eigenvalue weighted by molar-refractivity contribution is 9.10. The molecule has 0 spiro atoms. The van der Waals surface area contributed by atoms with Crippen molar-refractivity contribution in [2.45, 2.75) is 0 Å². The molecule has 3 nitrogen and oxygen atoms in total. The van der Waals surface area contributed by atoms with Crippen LogP contribution in [0.1, 0.15) is 0 Å². The van der Waals surface area contributed by atoms with Gasteiger partial charge in [-0.1, -0.05) is 11.6 Å². The van der Waals surface area contributed by atoms with Crippen molar-refractivity contribution >= 4 is 39.0 Å². The lowest BCUT2D eigenvalue weighted by Crippen LogP contribution is -2.11. The first-order valence-electron chi connectivity index (χ1n) is 5.30. The molecule has 2 rings (SSSR count). The van der Waals surface area contributed by atoms with Crippen LogP contribution in [-0.2, 0) is 0 Å². The van der Waals surface area contributed by atoms with Gasteiger partial charge in [-0.05, 0) is 46.3 Å². The molecule has 0 fully saturated rings. The summed E-state index contributed by atoms with van der Waals surface area (Å²) in [6.07, 6.45) is 1.72. The largest absolute Gasteiger partial charge is 0.497 e. The number of nitrogens with zero attached hydrogens (tertiary/aromatic N) is 2. The highest BCUT2D eigenvalue weighted by atomic mass is 79.9. The number of methoxy groups -OCH3 is 1. The lowest BCUT2D eigenvalue weighted by atomic mass is 10.3. The second-order valence-electron chi connectivity index (χ2n) is 3.72. The number of hydrogen-bond acceptors (Lipinski definition) is 3. The molecule has 1 aromatic heterocycles. The molecular formula is C13H12BrClN2O. The van der Waals surface area contributed by atoms with Crippen LogP contribution in [0, 0.1) is 0 Å². The fourth-order valence-corrected chi connectivity index (χ4v) is 2.34. The Bertz CT molecular complexity index is 545. The maximum Gasteiger partial charge on any atom is 0.151 e. The smallest absolute Gasteiger partial charge is 0.151 e. The van der Waals surface area contributed by atoms with E-state index in [9.17, 15) is 0 Å². The molecule has 1 heterocycles. The first kappa shape index (κ1) is 13.2. The van der Waals surface area contributed by atoms with Crippen molar-refractivity contribution in [2.24, 2.45) is 0 Å². The number of halogens is 2. The van der Waals surface area contributed by atoms with Crippen LogP contribution < -0.4 is 9.64 Å². The van der Waals surface area contributed by atoms with Gasteiger partial charge in [0.2, 0.25) is 0 Å². The molecule has 0 saturated heterocycles. The predicted octanol–water partition coefficient (Wildman–Crippen LogP) is 4.27. The SMILES string of the molecule is COc1ccc(N(C)c2ncc(Br)cc2Cl)cc1. The minimum atomic E-state index is 0.600. The second-order valence-corrected chi connectivity index (χ2v) is 5.04. The predicted molar refractivity (Wildman–Crippen MR) is 78.0 cm³/mol. The van der Waals surface area contributed by atoms with E-state index in [1.807, 2.05) is 42.3 Å². The van der Waals surface area contributed by atoms with E-state index in [1.54, 1.807) is 13.3 Å². The summed E-state index contributed by atoms with van der Waals surface area (Å²) < 4.78 is 5.99. The Hall–Kier alpha value is -1.26. The summed E-state index contributed by atoms with van der Waals surface area (Å²) in [6.45, 7) is 0. The van der Waals surface area contributed by atoms with Gasteiger partial charge in [0.25, 0.3) is 0 Å². The quantitative estimate of drug-likeness (QED) is 0.841. The summed E-state index contributed by atoms with van der Waals surface area (Å²) in [7, 11) is 3.57. The summed E-state index contributed by atoms with van der Waals surface area (Å²) in [4.78, 5) is 6.24. The van der Waals surface area contributed by atoms with Gasteiger partial charge in [-0.25, -0.2) is 4.98 Å². The number of anilines is 2. The minimum absolute atomic E-state index is 0.600. The summed E-state index contributed by atoms with van der Waals surface area (Å²) in [5.41, 5.74) is 0.993. The molecule has 0 aliphatic heterocycles. The molecule has 0 amide bonds. The molecule has 0 saturated carbocycles. The summed E-state index contributed by atoms with van der Waals surface area (Å²) in [5.74, 6) is 1.53. The van der Waals surface area contributed by atoms with Gasteiger partial charge in [-0.2, -0.15) is 0 Å². The lowest BCUT2D eigenvalue weighted by Gasteiger charge is -2.19. The molecule has 1 aromatic carbocycles. The summed E-state index contributed by atoms with van der Waals surface area (Å²) in [6, 6.07) is 9.54. The number of aromatic nitrogens is 1. The third kappa shape index (κ3) is 2.76. The lowest BCUT2D eigenvalue weighted by molar-refractivity contribution is 0.415. The minimum Gasteiger partial charge on any atom is -0.497 e. The van der Waals surface area contributed by atoms with E-state index in [2.05, 4.69) is 20.9 Å². The van der Waals surface area contributed by atoms with Gasteiger partial charge in [0.1, 0.15) is 5.75 Å². The van der Waals surface area contributed by atoms with E-state index in [0.717, 1.165) is 15.9 Å². The zero-order chi connectivity index (χ0) is 13.1. The van der Waals surface area contributed by atoms with Crippen LogP contribution in [0.15, 0.2) is 41.0 Å². The molecule has 5 heteroatoms. The maximum atomic E-state index is 6.17. The molecular weight excluding hydrogens is 316 g/mol. The average Bonchev–Trinajstić information content (AvgIpc) is 2.38. The van der Waals surface area contributed by atoms with Gasteiger partial charge in [-0.3, -0.25) is 0 Å². The topological polar surface area (TPSA) is 25.4 Å². The number of benzene rings is 1. The van der Waals surface area contributed by atoms with Crippen LogP contribution >= 0.6 is 27.5 Å². The highest BCUT2D eigenvalue weighted by Gasteiger charge is 2.10. The number of ether oxygens (including phenoxy) is 1. The van der Waals surface area contributed by atoms with Crippen molar-refractivity contribution in [3.63, 3.8) is 0 Å². The Morgan fingerprint density at radius 2 is 1.94 bits per heavy atom. The van der Waals surface area contributed by atoms with Crippen LogP contribution in [-0.4, -0.2) is 19.1 Å². The molecule has 18 heavy (non-hydrogen) atoms. The Morgan fingerprint density at radius 1 is 1.28 bits per heavy atom. The second kappa shape index (κ2) is 5.59. The number of pyridine rings is 1. The summed E-state index contributed by atoms with van der Waals surface area (Å²) in [5, 5.41) is 0.600. The molecule has 0 aliphatic rings. The van der Waals surface area contributed by atoms with Crippen LogP contribution in [0.25, 0.3) is 0 Å². The third-order valence-electron chi connectivity index (χ3n) is 2.57. The zero-order valence-corrected chi connectivity index (χ0v) is 12.4.